The van der Waals surface area contributed by atoms with Gasteiger partial charge >= 0.3 is 6.03 Å². The maximum atomic E-state index is 13.0. The van der Waals surface area contributed by atoms with E-state index in [2.05, 4.69) is 69.3 Å². The number of nitrogen functional groups attached to an aromatic ring is 1. The highest BCUT2D eigenvalue weighted by Crippen LogP contribution is 2.39. The maximum Gasteiger partial charge on any atom is 0.321 e. The zero-order valence-electron chi connectivity index (χ0n) is 22.1. The van der Waals surface area contributed by atoms with Crippen LogP contribution >= 0.6 is 0 Å². The Hall–Kier alpha value is -4.43. The third-order valence-corrected chi connectivity index (χ3v) is 7.65. The van der Waals surface area contributed by atoms with Crippen molar-refractivity contribution in [1.82, 2.24) is 24.3 Å². The molecule has 2 amide bonds. The standard InChI is InChI=1S/C31H33N7O/c1-2-28-33-14-15-38(28)21-23-20-22-6-3-4-7-27(22)30(29-26(23)8-5-13-34-29)36-16-18-37(19-17-36)31(39)35-25-11-9-24(32)10-12-25/h3-15,20,30H,2,16-19,21,32H2,1H3,(H,35,39). The molecule has 1 saturated heterocycles. The largest absolute Gasteiger partial charge is 0.399 e. The molecule has 1 aliphatic carbocycles. The van der Waals surface area contributed by atoms with Crippen LogP contribution in [0.15, 0.2) is 79.3 Å². The molecule has 0 saturated carbocycles. The third kappa shape index (κ3) is 5.03. The number of piperazine rings is 1. The summed E-state index contributed by atoms with van der Waals surface area (Å²) in [5.74, 6) is 1.07. The fourth-order valence-electron chi connectivity index (χ4n) is 5.65. The summed E-state index contributed by atoms with van der Waals surface area (Å²) in [6.07, 6.45) is 9.02. The van der Waals surface area contributed by atoms with Crippen LogP contribution in [0.1, 0.15) is 41.2 Å². The van der Waals surface area contributed by atoms with Crippen LogP contribution in [-0.4, -0.2) is 56.5 Å². The number of allylic oxidation sites excluding steroid dienone is 1. The molecule has 1 fully saturated rings. The van der Waals surface area contributed by atoms with E-state index >= 15 is 0 Å². The fourth-order valence-corrected chi connectivity index (χ4v) is 5.65. The van der Waals surface area contributed by atoms with E-state index in [0.717, 1.165) is 48.8 Å². The van der Waals surface area contributed by atoms with E-state index in [1.807, 2.05) is 35.5 Å². The fraction of sp³-hybridized carbons (Fsp3) is 0.258. The van der Waals surface area contributed by atoms with Crippen molar-refractivity contribution in [1.29, 1.82) is 0 Å². The smallest absolute Gasteiger partial charge is 0.321 e. The van der Waals surface area contributed by atoms with E-state index in [9.17, 15) is 4.79 Å². The molecule has 3 heterocycles. The van der Waals surface area contributed by atoms with Gasteiger partial charge in [0.2, 0.25) is 0 Å². The minimum atomic E-state index is -0.0878. The van der Waals surface area contributed by atoms with Crippen LogP contribution in [0, 0.1) is 0 Å². The second kappa shape index (κ2) is 10.7. The molecule has 1 unspecified atom stereocenters. The molecule has 39 heavy (non-hydrogen) atoms. The second-order valence-electron chi connectivity index (χ2n) is 10.0. The highest BCUT2D eigenvalue weighted by molar-refractivity contribution is 5.89. The molecule has 2 aromatic carbocycles. The first-order chi connectivity index (χ1) is 19.1. The minimum absolute atomic E-state index is 0.00175. The summed E-state index contributed by atoms with van der Waals surface area (Å²) in [5.41, 5.74) is 13.1. The number of pyridine rings is 1. The summed E-state index contributed by atoms with van der Waals surface area (Å²) in [4.78, 5) is 26.8. The number of nitrogens with two attached hydrogens (primary N) is 1. The van der Waals surface area contributed by atoms with Crippen molar-refractivity contribution in [2.45, 2.75) is 25.9 Å². The number of carbonyl (C=O) groups is 1. The molecule has 4 aromatic rings. The van der Waals surface area contributed by atoms with Crippen molar-refractivity contribution in [3.63, 3.8) is 0 Å². The molecule has 6 rings (SSSR count). The number of fused-ring (bicyclic) bond motifs is 2. The van der Waals surface area contributed by atoms with Gasteiger partial charge in [-0.15, -0.1) is 0 Å². The van der Waals surface area contributed by atoms with E-state index in [1.54, 1.807) is 12.1 Å². The van der Waals surface area contributed by atoms with Crippen molar-refractivity contribution in [2.75, 3.05) is 37.2 Å². The summed E-state index contributed by atoms with van der Waals surface area (Å²) < 4.78 is 2.23. The summed E-state index contributed by atoms with van der Waals surface area (Å²) in [5, 5.41) is 3.00. The Kier molecular flexibility index (Phi) is 6.85. The van der Waals surface area contributed by atoms with Crippen LogP contribution in [0.3, 0.4) is 0 Å². The van der Waals surface area contributed by atoms with Crippen LogP contribution in [0.2, 0.25) is 0 Å². The molecular formula is C31H33N7O. The number of rotatable bonds is 5. The topological polar surface area (TPSA) is 92.3 Å². The molecule has 198 valence electrons. The number of nitrogens with one attached hydrogen (secondary N) is 1. The maximum absolute atomic E-state index is 13.0. The number of carbonyl (C=O) groups excluding carboxylic acids is 1. The number of hydrogen-bond donors (Lipinski definition) is 2. The number of imidazole rings is 1. The van der Waals surface area contributed by atoms with Crippen molar-refractivity contribution in [3.05, 3.63) is 107 Å². The number of amides is 2. The highest BCUT2D eigenvalue weighted by atomic mass is 16.2. The Morgan fingerprint density at radius 1 is 0.974 bits per heavy atom. The van der Waals surface area contributed by atoms with Crippen molar-refractivity contribution in [3.8, 4) is 0 Å². The van der Waals surface area contributed by atoms with Gasteiger partial charge in [0, 0.05) is 74.7 Å². The lowest BCUT2D eigenvalue weighted by Gasteiger charge is -2.39. The Morgan fingerprint density at radius 2 is 1.77 bits per heavy atom. The van der Waals surface area contributed by atoms with Crippen LogP contribution in [0.4, 0.5) is 16.2 Å². The first kappa shape index (κ1) is 24.9. The van der Waals surface area contributed by atoms with Crippen molar-refractivity contribution >= 4 is 29.1 Å². The second-order valence-corrected chi connectivity index (χ2v) is 10.0. The quantitative estimate of drug-likeness (QED) is 0.365. The van der Waals surface area contributed by atoms with Crippen LogP contribution in [0.5, 0.6) is 0 Å². The monoisotopic (exact) mass is 519 g/mol. The number of urea groups is 1. The van der Waals surface area contributed by atoms with E-state index in [0.29, 0.717) is 18.8 Å². The van der Waals surface area contributed by atoms with E-state index < -0.39 is 0 Å². The molecule has 3 N–H and O–H groups in total. The lowest BCUT2D eigenvalue weighted by Crippen LogP contribution is -2.51. The molecule has 1 atom stereocenters. The Morgan fingerprint density at radius 3 is 2.56 bits per heavy atom. The Balaban J connectivity index is 1.27. The lowest BCUT2D eigenvalue weighted by molar-refractivity contribution is 0.125. The van der Waals surface area contributed by atoms with E-state index in [1.165, 1.54) is 16.7 Å². The molecule has 0 radical (unpaired) electrons. The van der Waals surface area contributed by atoms with Crippen LogP contribution < -0.4 is 11.1 Å². The summed E-state index contributed by atoms with van der Waals surface area (Å²) >= 11 is 0. The first-order valence-corrected chi connectivity index (χ1v) is 13.5. The van der Waals surface area contributed by atoms with Gasteiger partial charge in [-0.1, -0.05) is 37.3 Å². The van der Waals surface area contributed by atoms with Gasteiger partial charge in [0.25, 0.3) is 0 Å². The molecule has 2 aromatic heterocycles. The SMILES string of the molecule is CCc1nccn1CC1=Cc2ccccc2C(N2CCN(C(=O)Nc3ccc(N)cc3)CC2)c2ncccc21. The number of aryl methyl sites for hydroxylation is 1. The average molecular weight is 520 g/mol. The molecule has 0 bridgehead atoms. The minimum Gasteiger partial charge on any atom is -0.399 e. The predicted octanol–water partition coefficient (Wildman–Crippen LogP) is 4.92. The van der Waals surface area contributed by atoms with Gasteiger partial charge in [-0.2, -0.15) is 0 Å². The van der Waals surface area contributed by atoms with Gasteiger partial charge in [-0.3, -0.25) is 9.88 Å². The summed E-state index contributed by atoms with van der Waals surface area (Å²) in [6.45, 7) is 5.65. The zero-order chi connectivity index (χ0) is 26.8. The highest BCUT2D eigenvalue weighted by Gasteiger charge is 2.33. The molecule has 2 aliphatic rings. The number of nitrogens with zero attached hydrogens (tertiary/aromatic N) is 5. The number of benzene rings is 2. The van der Waals surface area contributed by atoms with Gasteiger partial charge in [-0.05, 0) is 53.1 Å². The van der Waals surface area contributed by atoms with Gasteiger partial charge < -0.3 is 20.5 Å². The molecule has 1 aliphatic heterocycles. The zero-order valence-corrected chi connectivity index (χ0v) is 22.1. The lowest BCUT2D eigenvalue weighted by atomic mass is 9.95. The number of aromatic nitrogens is 3. The number of hydrogen-bond acceptors (Lipinski definition) is 5. The average Bonchev–Trinajstić information content (AvgIpc) is 3.37. The first-order valence-electron chi connectivity index (χ1n) is 13.5. The normalized spacial score (nSPS) is 17.1. The third-order valence-electron chi connectivity index (χ3n) is 7.65. The summed E-state index contributed by atoms with van der Waals surface area (Å²) in [7, 11) is 0. The van der Waals surface area contributed by atoms with Gasteiger partial charge in [0.05, 0.1) is 11.7 Å². The van der Waals surface area contributed by atoms with Crippen LogP contribution in [0.25, 0.3) is 11.6 Å². The Labute approximate surface area is 228 Å². The molecular weight excluding hydrogens is 486 g/mol. The van der Waals surface area contributed by atoms with Gasteiger partial charge in [-0.25, -0.2) is 9.78 Å². The summed E-state index contributed by atoms with van der Waals surface area (Å²) in [6, 6.07) is 20.0. The molecule has 8 nitrogen and oxygen atoms in total. The van der Waals surface area contributed by atoms with Crippen molar-refractivity contribution < 1.29 is 4.79 Å². The predicted molar refractivity (Wildman–Crippen MR) is 155 cm³/mol. The van der Waals surface area contributed by atoms with Gasteiger partial charge in [0.1, 0.15) is 5.82 Å². The van der Waals surface area contributed by atoms with Crippen LogP contribution in [-0.2, 0) is 13.0 Å². The van der Waals surface area contributed by atoms with Crippen molar-refractivity contribution in [2.24, 2.45) is 0 Å². The molecule has 8 heteroatoms. The van der Waals surface area contributed by atoms with E-state index in [-0.39, 0.29) is 12.1 Å². The Bertz CT molecular complexity index is 1500. The molecule has 0 spiro atoms. The number of anilines is 2. The van der Waals surface area contributed by atoms with Gasteiger partial charge in [0.15, 0.2) is 0 Å². The van der Waals surface area contributed by atoms with E-state index in [4.69, 9.17) is 10.7 Å².